The van der Waals surface area contributed by atoms with Crippen molar-refractivity contribution in [3.05, 3.63) is 59.7 Å². The summed E-state index contributed by atoms with van der Waals surface area (Å²) >= 11 is 0. The monoisotopic (exact) mass is 351 g/mol. The summed E-state index contributed by atoms with van der Waals surface area (Å²) in [6, 6.07) is 11.8. The van der Waals surface area contributed by atoms with Gasteiger partial charge in [0.05, 0.1) is 11.3 Å². The van der Waals surface area contributed by atoms with E-state index in [9.17, 15) is 22.8 Å². The first-order chi connectivity index (χ1) is 11.8. The van der Waals surface area contributed by atoms with Crippen molar-refractivity contribution in [2.24, 2.45) is 0 Å². The molecule has 0 aromatic heterocycles. The number of cyclic esters (lactones) is 1. The SMILES string of the molecule is O=C1O[C@@H](C(=O)Nc2ccccc2OC(F)(F)F)Cc2ccccc21. The maximum atomic E-state index is 12.4. The molecule has 0 fully saturated rings. The predicted molar refractivity (Wildman–Crippen MR) is 81.1 cm³/mol. The molecule has 2 aromatic rings. The second-order valence-electron chi connectivity index (χ2n) is 5.29. The van der Waals surface area contributed by atoms with Crippen LogP contribution >= 0.6 is 0 Å². The van der Waals surface area contributed by atoms with Gasteiger partial charge in [0.2, 0.25) is 0 Å². The summed E-state index contributed by atoms with van der Waals surface area (Å²) in [6.07, 6.45) is -5.89. The lowest BCUT2D eigenvalue weighted by Crippen LogP contribution is -2.38. The number of carbonyl (C=O) groups is 2. The zero-order valence-electron chi connectivity index (χ0n) is 12.7. The molecule has 1 N–H and O–H groups in total. The average Bonchev–Trinajstić information content (AvgIpc) is 2.55. The Bertz CT molecular complexity index is 820. The third-order valence-corrected chi connectivity index (χ3v) is 3.55. The summed E-state index contributed by atoms with van der Waals surface area (Å²) in [6.45, 7) is 0. The summed E-state index contributed by atoms with van der Waals surface area (Å²) in [4.78, 5) is 24.2. The average molecular weight is 351 g/mol. The number of hydrogen-bond donors (Lipinski definition) is 1. The van der Waals surface area contributed by atoms with Gasteiger partial charge in [-0.3, -0.25) is 4.79 Å². The van der Waals surface area contributed by atoms with Gasteiger partial charge in [-0.15, -0.1) is 13.2 Å². The largest absolute Gasteiger partial charge is 0.573 e. The van der Waals surface area contributed by atoms with Gasteiger partial charge in [0.25, 0.3) is 5.91 Å². The number of fused-ring (bicyclic) bond motifs is 1. The van der Waals surface area contributed by atoms with Crippen LogP contribution in [0.15, 0.2) is 48.5 Å². The van der Waals surface area contributed by atoms with E-state index in [1.54, 1.807) is 24.3 Å². The molecule has 1 aliphatic rings. The van der Waals surface area contributed by atoms with Crippen LogP contribution in [-0.4, -0.2) is 24.3 Å². The molecule has 25 heavy (non-hydrogen) atoms. The highest BCUT2D eigenvalue weighted by molar-refractivity contribution is 6.00. The molecule has 0 saturated carbocycles. The molecule has 0 spiro atoms. The normalized spacial score (nSPS) is 16.6. The molecule has 0 unspecified atom stereocenters. The van der Waals surface area contributed by atoms with Crippen LogP contribution < -0.4 is 10.1 Å². The van der Waals surface area contributed by atoms with Gasteiger partial charge < -0.3 is 14.8 Å². The molecular weight excluding hydrogens is 339 g/mol. The van der Waals surface area contributed by atoms with E-state index in [1.165, 1.54) is 18.2 Å². The van der Waals surface area contributed by atoms with E-state index >= 15 is 0 Å². The predicted octanol–water partition coefficient (Wildman–Crippen LogP) is 3.31. The standard InChI is InChI=1S/C17H12F3NO4/c18-17(19,20)25-13-8-4-3-7-12(13)21-15(22)14-9-10-5-1-2-6-11(10)16(23)24-14/h1-8,14H,9H2,(H,21,22)/t14-/m1/s1. The van der Waals surface area contributed by atoms with Crippen LogP contribution in [0.5, 0.6) is 5.75 Å². The Morgan fingerprint density at radius 1 is 1.12 bits per heavy atom. The number of para-hydroxylation sites is 2. The van der Waals surface area contributed by atoms with Crippen molar-refractivity contribution < 1.29 is 32.2 Å². The van der Waals surface area contributed by atoms with Crippen LogP contribution in [0.2, 0.25) is 0 Å². The minimum Gasteiger partial charge on any atom is -0.448 e. The number of halogens is 3. The van der Waals surface area contributed by atoms with Gasteiger partial charge in [0, 0.05) is 6.42 Å². The van der Waals surface area contributed by atoms with Gasteiger partial charge in [-0.05, 0) is 23.8 Å². The van der Waals surface area contributed by atoms with Crippen LogP contribution in [0, 0.1) is 0 Å². The highest BCUT2D eigenvalue weighted by Crippen LogP contribution is 2.30. The molecule has 2 aromatic carbocycles. The number of ether oxygens (including phenoxy) is 2. The molecular formula is C17H12F3NO4. The molecule has 0 saturated heterocycles. The van der Waals surface area contributed by atoms with Gasteiger partial charge >= 0.3 is 12.3 Å². The molecule has 0 aliphatic carbocycles. The van der Waals surface area contributed by atoms with Crippen LogP contribution in [-0.2, 0) is 16.0 Å². The fourth-order valence-corrected chi connectivity index (χ4v) is 2.47. The van der Waals surface area contributed by atoms with Gasteiger partial charge in [-0.2, -0.15) is 0 Å². The fourth-order valence-electron chi connectivity index (χ4n) is 2.47. The summed E-state index contributed by atoms with van der Waals surface area (Å²) in [5.74, 6) is -1.94. The number of nitrogens with one attached hydrogen (secondary N) is 1. The van der Waals surface area contributed by atoms with E-state index in [2.05, 4.69) is 10.1 Å². The Kier molecular flexibility index (Phi) is 4.35. The lowest BCUT2D eigenvalue weighted by Gasteiger charge is -2.24. The van der Waals surface area contributed by atoms with Crippen molar-refractivity contribution in [3.8, 4) is 5.75 Å². The lowest BCUT2D eigenvalue weighted by molar-refractivity contribution is -0.274. The topological polar surface area (TPSA) is 64.6 Å². The first-order valence-electron chi connectivity index (χ1n) is 7.28. The molecule has 1 aliphatic heterocycles. The van der Waals surface area contributed by atoms with Crippen LogP contribution in [0.3, 0.4) is 0 Å². The Balaban J connectivity index is 1.77. The van der Waals surface area contributed by atoms with Crippen molar-refractivity contribution in [2.75, 3.05) is 5.32 Å². The second kappa shape index (κ2) is 6.46. The second-order valence-corrected chi connectivity index (χ2v) is 5.29. The molecule has 1 heterocycles. The minimum atomic E-state index is -4.89. The quantitative estimate of drug-likeness (QED) is 0.862. The van der Waals surface area contributed by atoms with Crippen LogP contribution in [0.4, 0.5) is 18.9 Å². The molecule has 0 radical (unpaired) electrons. The van der Waals surface area contributed by atoms with E-state index in [0.717, 1.165) is 6.07 Å². The summed E-state index contributed by atoms with van der Waals surface area (Å²) in [7, 11) is 0. The van der Waals surface area contributed by atoms with Crippen LogP contribution in [0.1, 0.15) is 15.9 Å². The third kappa shape index (κ3) is 3.90. The highest BCUT2D eigenvalue weighted by Gasteiger charge is 2.34. The van der Waals surface area contributed by atoms with E-state index in [1.807, 2.05) is 0 Å². The summed E-state index contributed by atoms with van der Waals surface area (Å²) in [5.41, 5.74) is 0.839. The van der Waals surface area contributed by atoms with Crippen molar-refractivity contribution in [1.82, 2.24) is 0 Å². The lowest BCUT2D eigenvalue weighted by atomic mass is 9.98. The maximum absolute atomic E-state index is 12.4. The van der Waals surface area contributed by atoms with Gasteiger partial charge in [0.1, 0.15) is 0 Å². The zero-order valence-corrected chi connectivity index (χ0v) is 12.7. The van der Waals surface area contributed by atoms with E-state index in [0.29, 0.717) is 11.1 Å². The molecule has 5 nitrogen and oxygen atoms in total. The van der Waals surface area contributed by atoms with E-state index < -0.39 is 30.1 Å². The zero-order chi connectivity index (χ0) is 18.0. The van der Waals surface area contributed by atoms with Crippen molar-refractivity contribution in [3.63, 3.8) is 0 Å². The van der Waals surface area contributed by atoms with Gasteiger partial charge in [-0.1, -0.05) is 30.3 Å². The first kappa shape index (κ1) is 16.8. The molecule has 8 heteroatoms. The number of alkyl halides is 3. The molecule has 3 rings (SSSR count). The Morgan fingerprint density at radius 3 is 2.56 bits per heavy atom. The molecule has 130 valence electrons. The number of esters is 1. The fraction of sp³-hybridized carbons (Fsp3) is 0.176. The van der Waals surface area contributed by atoms with Gasteiger partial charge in [0.15, 0.2) is 11.9 Å². The third-order valence-electron chi connectivity index (χ3n) is 3.55. The number of rotatable bonds is 3. The van der Waals surface area contributed by atoms with Crippen LogP contribution in [0.25, 0.3) is 0 Å². The molecule has 1 atom stereocenters. The number of amides is 1. The Labute approximate surface area is 140 Å². The Hall–Kier alpha value is -3.03. The molecule has 1 amide bonds. The highest BCUT2D eigenvalue weighted by atomic mass is 19.4. The Morgan fingerprint density at radius 2 is 1.80 bits per heavy atom. The number of hydrogen-bond acceptors (Lipinski definition) is 4. The van der Waals surface area contributed by atoms with Crippen molar-refractivity contribution in [1.29, 1.82) is 0 Å². The first-order valence-corrected chi connectivity index (χ1v) is 7.28. The van der Waals surface area contributed by atoms with E-state index in [4.69, 9.17) is 4.74 Å². The van der Waals surface area contributed by atoms with Crippen molar-refractivity contribution in [2.45, 2.75) is 18.9 Å². The van der Waals surface area contributed by atoms with E-state index in [-0.39, 0.29) is 12.1 Å². The molecule has 0 bridgehead atoms. The summed E-state index contributed by atoms with van der Waals surface area (Å²) < 4.78 is 46.2. The van der Waals surface area contributed by atoms with Gasteiger partial charge in [-0.25, -0.2) is 4.79 Å². The number of benzene rings is 2. The van der Waals surface area contributed by atoms with Crippen molar-refractivity contribution >= 4 is 17.6 Å². The number of carbonyl (C=O) groups excluding carboxylic acids is 2. The summed E-state index contributed by atoms with van der Waals surface area (Å²) in [5, 5.41) is 2.31. The maximum Gasteiger partial charge on any atom is 0.573 e. The smallest absolute Gasteiger partial charge is 0.448 e. The minimum absolute atomic E-state index is 0.135. The number of anilines is 1.